The van der Waals surface area contributed by atoms with Crippen LogP contribution in [0.3, 0.4) is 0 Å². The average molecular weight is 211 g/mol. The first-order valence-corrected chi connectivity index (χ1v) is 4.37. The molecule has 6 heteroatoms. The van der Waals surface area contributed by atoms with Crippen LogP contribution in [0.2, 0.25) is 0 Å². The predicted molar refractivity (Wildman–Crippen MR) is 52.2 cm³/mol. The molecule has 82 valence electrons. The van der Waals surface area contributed by atoms with Gasteiger partial charge in [0.2, 0.25) is 0 Å². The molecule has 1 amide bonds. The molecule has 0 bridgehead atoms. The van der Waals surface area contributed by atoms with Gasteiger partial charge in [-0.05, 0) is 13.8 Å². The number of carbonyl (C=O) groups excluding carboxylic acids is 1. The van der Waals surface area contributed by atoms with E-state index in [0.717, 1.165) is 0 Å². The zero-order valence-electron chi connectivity index (χ0n) is 8.60. The molecule has 1 aromatic rings. The highest BCUT2D eigenvalue weighted by atomic mass is 16.5. The molecule has 0 aliphatic carbocycles. The lowest BCUT2D eigenvalue weighted by Gasteiger charge is -2.15. The van der Waals surface area contributed by atoms with E-state index in [9.17, 15) is 9.90 Å². The second kappa shape index (κ2) is 4.22. The summed E-state index contributed by atoms with van der Waals surface area (Å²) in [6, 6.07) is 0. The number of amides is 1. The second-order valence-corrected chi connectivity index (χ2v) is 3.75. The lowest BCUT2D eigenvalue weighted by molar-refractivity contribution is 0.0787. The number of rotatable bonds is 3. The van der Waals surface area contributed by atoms with Crippen LogP contribution in [0.15, 0.2) is 12.4 Å². The molecule has 1 aromatic heterocycles. The molecule has 1 heterocycles. The van der Waals surface area contributed by atoms with Crippen LogP contribution in [0.25, 0.3) is 0 Å². The first-order chi connectivity index (χ1) is 6.87. The van der Waals surface area contributed by atoms with E-state index in [1.54, 1.807) is 13.8 Å². The van der Waals surface area contributed by atoms with E-state index < -0.39 is 11.7 Å². The Balaban J connectivity index is 2.68. The standard InChI is InChI=1S/C9H13N3O3/c1-9(2,14)3-7-11-4-6(5-12-7)15-8(10)13/h4-5,14H,3H2,1-2H3,(H2,10,13). The van der Waals surface area contributed by atoms with Gasteiger partial charge in [-0.15, -0.1) is 0 Å². The number of aliphatic hydroxyl groups is 1. The Morgan fingerprint density at radius 1 is 1.53 bits per heavy atom. The van der Waals surface area contributed by atoms with E-state index >= 15 is 0 Å². The molecular weight excluding hydrogens is 198 g/mol. The Bertz CT molecular complexity index is 343. The number of aromatic nitrogens is 2. The van der Waals surface area contributed by atoms with E-state index in [2.05, 4.69) is 14.7 Å². The Morgan fingerprint density at radius 2 is 2.07 bits per heavy atom. The van der Waals surface area contributed by atoms with Crippen molar-refractivity contribution in [3.63, 3.8) is 0 Å². The molecule has 0 atom stereocenters. The van der Waals surface area contributed by atoms with E-state index in [-0.39, 0.29) is 5.75 Å². The van der Waals surface area contributed by atoms with Crippen LogP contribution < -0.4 is 10.5 Å². The average Bonchev–Trinajstić information content (AvgIpc) is 2.05. The van der Waals surface area contributed by atoms with E-state index in [0.29, 0.717) is 12.2 Å². The van der Waals surface area contributed by atoms with Crippen LogP contribution >= 0.6 is 0 Å². The first-order valence-electron chi connectivity index (χ1n) is 4.37. The monoisotopic (exact) mass is 211 g/mol. The van der Waals surface area contributed by atoms with Gasteiger partial charge in [0.15, 0.2) is 5.75 Å². The number of hydrogen-bond acceptors (Lipinski definition) is 5. The van der Waals surface area contributed by atoms with Gasteiger partial charge in [-0.25, -0.2) is 14.8 Å². The zero-order chi connectivity index (χ0) is 11.5. The summed E-state index contributed by atoms with van der Waals surface area (Å²) in [5.41, 5.74) is 3.94. The number of primary amides is 1. The molecule has 0 aliphatic heterocycles. The number of carbonyl (C=O) groups is 1. The predicted octanol–water partition coefficient (Wildman–Crippen LogP) is 0.248. The van der Waals surface area contributed by atoms with Crippen molar-refractivity contribution in [2.45, 2.75) is 25.9 Å². The van der Waals surface area contributed by atoms with Crippen molar-refractivity contribution in [1.29, 1.82) is 0 Å². The smallest absolute Gasteiger partial charge is 0.407 e. The lowest BCUT2D eigenvalue weighted by atomic mass is 10.1. The van der Waals surface area contributed by atoms with Gasteiger partial charge in [-0.3, -0.25) is 0 Å². The maximum absolute atomic E-state index is 10.4. The summed E-state index contributed by atoms with van der Waals surface area (Å²) in [6.45, 7) is 3.31. The van der Waals surface area contributed by atoms with E-state index in [1.165, 1.54) is 12.4 Å². The van der Waals surface area contributed by atoms with Gasteiger partial charge in [0.25, 0.3) is 0 Å². The van der Waals surface area contributed by atoms with Crippen LogP contribution in [0.4, 0.5) is 4.79 Å². The van der Waals surface area contributed by atoms with Gasteiger partial charge in [-0.2, -0.15) is 0 Å². The topological polar surface area (TPSA) is 98.3 Å². The minimum atomic E-state index is -0.908. The number of hydrogen-bond donors (Lipinski definition) is 2. The summed E-state index contributed by atoms with van der Waals surface area (Å²) in [4.78, 5) is 18.2. The Labute approximate surface area is 87.1 Å². The third kappa shape index (κ3) is 4.37. The molecule has 0 fully saturated rings. The minimum absolute atomic E-state index is 0.182. The molecule has 3 N–H and O–H groups in total. The third-order valence-corrected chi connectivity index (χ3v) is 1.49. The summed E-state index contributed by atoms with van der Waals surface area (Å²) < 4.78 is 4.55. The Kier molecular flexibility index (Phi) is 3.21. The second-order valence-electron chi connectivity index (χ2n) is 3.75. The fraction of sp³-hybridized carbons (Fsp3) is 0.444. The Hall–Kier alpha value is -1.69. The summed E-state index contributed by atoms with van der Waals surface area (Å²) in [6.07, 6.45) is 2.08. The Morgan fingerprint density at radius 3 is 2.47 bits per heavy atom. The number of ether oxygens (including phenoxy) is 1. The van der Waals surface area contributed by atoms with Gasteiger partial charge < -0.3 is 15.6 Å². The largest absolute Gasteiger partial charge is 0.410 e. The summed E-state index contributed by atoms with van der Waals surface area (Å²) >= 11 is 0. The third-order valence-electron chi connectivity index (χ3n) is 1.49. The van der Waals surface area contributed by atoms with Gasteiger partial charge >= 0.3 is 6.09 Å². The normalized spacial score (nSPS) is 11.1. The van der Waals surface area contributed by atoms with Crippen LogP contribution in [-0.4, -0.2) is 26.8 Å². The van der Waals surface area contributed by atoms with Gasteiger partial charge in [0.1, 0.15) is 5.82 Å². The highest BCUT2D eigenvalue weighted by Gasteiger charge is 2.15. The highest BCUT2D eigenvalue weighted by molar-refractivity contribution is 5.67. The fourth-order valence-electron chi connectivity index (χ4n) is 0.990. The number of nitrogens with zero attached hydrogens (tertiary/aromatic N) is 2. The maximum atomic E-state index is 10.4. The number of nitrogens with two attached hydrogens (primary N) is 1. The quantitative estimate of drug-likeness (QED) is 0.746. The first kappa shape index (κ1) is 11.4. The van der Waals surface area contributed by atoms with Crippen LogP contribution in [0, 0.1) is 0 Å². The van der Waals surface area contributed by atoms with Crippen molar-refractivity contribution in [2.24, 2.45) is 5.73 Å². The highest BCUT2D eigenvalue weighted by Crippen LogP contribution is 2.11. The summed E-state index contributed by atoms with van der Waals surface area (Å²) in [7, 11) is 0. The van der Waals surface area contributed by atoms with Gasteiger partial charge in [0.05, 0.1) is 18.0 Å². The SMILES string of the molecule is CC(C)(O)Cc1ncc(OC(N)=O)cn1. The van der Waals surface area contributed by atoms with E-state index in [4.69, 9.17) is 5.73 Å². The van der Waals surface area contributed by atoms with Crippen molar-refractivity contribution < 1.29 is 14.6 Å². The summed E-state index contributed by atoms with van der Waals surface area (Å²) in [5, 5.41) is 9.50. The summed E-state index contributed by atoms with van der Waals surface area (Å²) in [5.74, 6) is 0.654. The van der Waals surface area contributed by atoms with Crippen LogP contribution in [-0.2, 0) is 6.42 Å². The van der Waals surface area contributed by atoms with Crippen molar-refractivity contribution in [3.05, 3.63) is 18.2 Å². The van der Waals surface area contributed by atoms with Gasteiger partial charge in [-0.1, -0.05) is 0 Å². The molecule has 6 nitrogen and oxygen atoms in total. The molecule has 0 aromatic carbocycles. The maximum Gasteiger partial charge on any atom is 0.410 e. The van der Waals surface area contributed by atoms with Crippen molar-refractivity contribution >= 4 is 6.09 Å². The fourth-order valence-corrected chi connectivity index (χ4v) is 0.990. The minimum Gasteiger partial charge on any atom is -0.407 e. The molecule has 1 rings (SSSR count). The van der Waals surface area contributed by atoms with Crippen molar-refractivity contribution in [1.82, 2.24) is 9.97 Å². The lowest BCUT2D eigenvalue weighted by Crippen LogP contribution is -2.23. The molecule has 0 saturated heterocycles. The molecule has 15 heavy (non-hydrogen) atoms. The molecule has 0 spiro atoms. The molecule has 0 radical (unpaired) electrons. The molecule has 0 aliphatic rings. The van der Waals surface area contributed by atoms with Crippen molar-refractivity contribution in [3.8, 4) is 5.75 Å². The van der Waals surface area contributed by atoms with Crippen LogP contribution in [0.5, 0.6) is 5.75 Å². The van der Waals surface area contributed by atoms with Crippen LogP contribution in [0.1, 0.15) is 19.7 Å². The zero-order valence-corrected chi connectivity index (χ0v) is 8.60. The van der Waals surface area contributed by atoms with Gasteiger partial charge in [0, 0.05) is 6.42 Å². The van der Waals surface area contributed by atoms with Crippen molar-refractivity contribution in [2.75, 3.05) is 0 Å². The van der Waals surface area contributed by atoms with E-state index in [1.807, 2.05) is 0 Å². The molecule has 0 saturated carbocycles. The molecular formula is C9H13N3O3. The molecule has 0 unspecified atom stereocenters.